The third-order valence-electron chi connectivity index (χ3n) is 3.98. The van der Waals surface area contributed by atoms with Crippen molar-refractivity contribution in [2.24, 2.45) is 0 Å². The molecule has 0 atom stereocenters. The first-order chi connectivity index (χ1) is 13.8. The minimum Gasteiger partial charge on any atom is -0.288 e. The Morgan fingerprint density at radius 2 is 2.03 bits per heavy atom. The smallest absolute Gasteiger partial charge is 0.232 e. The first-order valence-corrected chi connectivity index (χ1v) is 10.5. The van der Waals surface area contributed by atoms with Crippen LogP contribution in [0.2, 0.25) is 5.02 Å². The van der Waals surface area contributed by atoms with Crippen molar-refractivity contribution in [3.05, 3.63) is 64.2 Å². The van der Waals surface area contributed by atoms with Crippen LogP contribution in [0.15, 0.2) is 36.5 Å². The first kappa shape index (κ1) is 20.6. The fourth-order valence-corrected chi connectivity index (χ4v) is 4.04. The summed E-state index contributed by atoms with van der Waals surface area (Å²) in [6, 6.07) is 8.56. The number of carbonyl (C=O) groups is 1. The topological polar surface area (TPSA) is 113 Å². The van der Waals surface area contributed by atoms with Crippen LogP contribution in [0.1, 0.15) is 35.0 Å². The quantitative estimate of drug-likeness (QED) is 0.594. The van der Waals surface area contributed by atoms with E-state index in [2.05, 4.69) is 14.7 Å². The van der Waals surface area contributed by atoms with Gasteiger partial charge in [0.25, 0.3) is 0 Å². The third kappa shape index (κ3) is 4.34. The highest BCUT2D eigenvalue weighted by Crippen LogP contribution is 2.29. The summed E-state index contributed by atoms with van der Waals surface area (Å²) in [6.45, 7) is 1.67. The number of nitriles is 1. The highest BCUT2D eigenvalue weighted by atomic mass is 35.5. The molecular formula is C19H14ClFN4O3S. The second-order valence-electron chi connectivity index (χ2n) is 6.10. The van der Waals surface area contributed by atoms with E-state index in [1.807, 2.05) is 6.07 Å². The van der Waals surface area contributed by atoms with Gasteiger partial charge in [0, 0.05) is 5.56 Å². The standard InChI is InChI=1S/C19H14ClFN4O3S/c1-2-7-29(27,28)25-15-6-4-13(20)17(18(15)21)19(26)11-3-5-14-16(8-11)24-12(9-22)10-23-14/h3-6,8,10,25H,2,7H2,1H3. The van der Waals surface area contributed by atoms with Gasteiger partial charge in [-0.3, -0.25) is 14.5 Å². The highest BCUT2D eigenvalue weighted by molar-refractivity contribution is 7.92. The maximum Gasteiger partial charge on any atom is 0.232 e. The number of anilines is 1. The number of rotatable bonds is 6. The Kier molecular flexibility index (Phi) is 5.77. The summed E-state index contributed by atoms with van der Waals surface area (Å²) in [4.78, 5) is 21.0. The number of fused-ring (bicyclic) bond motifs is 1. The van der Waals surface area contributed by atoms with Crippen molar-refractivity contribution in [3.63, 3.8) is 0 Å². The van der Waals surface area contributed by atoms with Gasteiger partial charge in [0.15, 0.2) is 17.3 Å². The number of nitrogens with zero attached hydrogens (tertiary/aromatic N) is 3. The summed E-state index contributed by atoms with van der Waals surface area (Å²) in [5, 5.41) is 8.78. The summed E-state index contributed by atoms with van der Waals surface area (Å²) in [7, 11) is -3.76. The van der Waals surface area contributed by atoms with Crippen LogP contribution < -0.4 is 4.72 Å². The molecule has 0 saturated heterocycles. The SMILES string of the molecule is CCCS(=O)(=O)Nc1ccc(Cl)c(C(=O)c2ccc3ncc(C#N)nc3c2)c1F. The second-order valence-corrected chi connectivity index (χ2v) is 8.35. The number of halogens is 2. The van der Waals surface area contributed by atoms with E-state index in [9.17, 15) is 17.6 Å². The summed E-state index contributed by atoms with van der Waals surface area (Å²) >= 11 is 6.04. The van der Waals surface area contributed by atoms with Gasteiger partial charge in [-0.1, -0.05) is 18.5 Å². The van der Waals surface area contributed by atoms with Gasteiger partial charge in [-0.15, -0.1) is 0 Å². The summed E-state index contributed by atoms with van der Waals surface area (Å²) in [5.41, 5.74) is 0.0417. The summed E-state index contributed by atoms with van der Waals surface area (Å²) in [5.74, 6) is -2.02. The van der Waals surface area contributed by atoms with Crippen LogP contribution in [0.5, 0.6) is 0 Å². The van der Waals surface area contributed by atoms with Crippen LogP contribution in [-0.2, 0) is 10.0 Å². The molecule has 10 heteroatoms. The lowest BCUT2D eigenvalue weighted by Gasteiger charge is -2.12. The van der Waals surface area contributed by atoms with E-state index in [4.69, 9.17) is 16.9 Å². The Balaban J connectivity index is 2.06. The average molecular weight is 433 g/mol. The molecule has 3 aromatic rings. The van der Waals surface area contributed by atoms with Crippen LogP contribution in [0.4, 0.5) is 10.1 Å². The maximum atomic E-state index is 15.0. The molecule has 1 heterocycles. The largest absolute Gasteiger partial charge is 0.288 e. The van der Waals surface area contributed by atoms with Crippen molar-refractivity contribution >= 4 is 44.1 Å². The molecule has 0 fully saturated rings. The van der Waals surface area contributed by atoms with E-state index in [1.165, 1.54) is 30.5 Å². The fraction of sp³-hybridized carbons (Fsp3) is 0.158. The normalized spacial score (nSPS) is 11.2. The number of hydrogen-bond donors (Lipinski definition) is 1. The molecule has 1 aromatic heterocycles. The molecule has 0 aliphatic heterocycles. The summed E-state index contributed by atoms with van der Waals surface area (Å²) < 4.78 is 41.0. The molecule has 0 unspecified atom stereocenters. The van der Waals surface area contributed by atoms with Crippen molar-refractivity contribution < 1.29 is 17.6 Å². The van der Waals surface area contributed by atoms with Crippen molar-refractivity contribution in [2.75, 3.05) is 10.5 Å². The first-order valence-electron chi connectivity index (χ1n) is 8.46. The average Bonchev–Trinajstić information content (AvgIpc) is 2.69. The van der Waals surface area contributed by atoms with Crippen LogP contribution in [0, 0.1) is 17.1 Å². The number of carbonyl (C=O) groups excluding carboxylic acids is 1. The summed E-state index contributed by atoms with van der Waals surface area (Å²) in [6.07, 6.45) is 1.64. The molecule has 29 heavy (non-hydrogen) atoms. The Bertz CT molecular complexity index is 1270. The minimum absolute atomic E-state index is 0.0660. The zero-order chi connectivity index (χ0) is 21.2. The van der Waals surface area contributed by atoms with Gasteiger partial charge in [-0.25, -0.2) is 17.8 Å². The Morgan fingerprint density at radius 3 is 2.72 bits per heavy atom. The molecule has 0 spiro atoms. The van der Waals surface area contributed by atoms with Crippen molar-refractivity contribution in [1.82, 2.24) is 9.97 Å². The molecule has 2 aromatic carbocycles. The lowest BCUT2D eigenvalue weighted by Crippen LogP contribution is -2.18. The predicted octanol–water partition coefficient (Wildman–Crippen LogP) is 3.68. The lowest BCUT2D eigenvalue weighted by atomic mass is 10.0. The molecule has 7 nitrogen and oxygen atoms in total. The Labute approximate surface area is 171 Å². The molecule has 1 N–H and O–H groups in total. The number of hydrogen-bond acceptors (Lipinski definition) is 6. The highest BCUT2D eigenvalue weighted by Gasteiger charge is 2.23. The monoisotopic (exact) mass is 432 g/mol. The molecule has 3 rings (SSSR count). The zero-order valence-electron chi connectivity index (χ0n) is 15.1. The molecule has 0 radical (unpaired) electrons. The predicted molar refractivity (Wildman–Crippen MR) is 107 cm³/mol. The Morgan fingerprint density at radius 1 is 1.28 bits per heavy atom. The molecular weight excluding hydrogens is 419 g/mol. The van der Waals surface area contributed by atoms with Gasteiger partial charge in [0.05, 0.1) is 39.3 Å². The van der Waals surface area contributed by atoms with E-state index >= 15 is 0 Å². The van der Waals surface area contributed by atoms with Gasteiger partial charge in [-0.2, -0.15) is 5.26 Å². The van der Waals surface area contributed by atoms with E-state index in [0.29, 0.717) is 11.9 Å². The second kappa shape index (κ2) is 8.11. The van der Waals surface area contributed by atoms with Gasteiger partial charge in [0.2, 0.25) is 10.0 Å². The lowest BCUT2D eigenvalue weighted by molar-refractivity contribution is 0.103. The number of ketones is 1. The number of nitrogens with one attached hydrogen (secondary N) is 1. The van der Waals surface area contributed by atoms with Gasteiger partial charge < -0.3 is 0 Å². The molecule has 0 saturated carbocycles. The van der Waals surface area contributed by atoms with Crippen LogP contribution >= 0.6 is 11.6 Å². The maximum absolute atomic E-state index is 15.0. The van der Waals surface area contributed by atoms with Crippen LogP contribution in [-0.4, -0.2) is 29.9 Å². The van der Waals surface area contributed by atoms with Gasteiger partial charge >= 0.3 is 0 Å². The van der Waals surface area contributed by atoms with E-state index < -0.39 is 27.2 Å². The van der Waals surface area contributed by atoms with Crippen molar-refractivity contribution in [1.29, 1.82) is 5.26 Å². The number of aromatic nitrogens is 2. The van der Waals surface area contributed by atoms with E-state index in [1.54, 1.807) is 6.92 Å². The molecule has 0 bridgehead atoms. The Hall–Kier alpha value is -3.09. The molecule has 148 valence electrons. The van der Waals surface area contributed by atoms with Gasteiger partial charge in [0.1, 0.15) is 6.07 Å². The van der Waals surface area contributed by atoms with Crippen LogP contribution in [0.25, 0.3) is 11.0 Å². The van der Waals surface area contributed by atoms with Crippen molar-refractivity contribution in [2.45, 2.75) is 13.3 Å². The zero-order valence-corrected chi connectivity index (χ0v) is 16.7. The molecule has 0 amide bonds. The van der Waals surface area contributed by atoms with E-state index in [0.717, 1.165) is 6.07 Å². The number of benzene rings is 2. The van der Waals surface area contributed by atoms with Crippen molar-refractivity contribution in [3.8, 4) is 6.07 Å². The van der Waals surface area contributed by atoms with E-state index in [-0.39, 0.29) is 33.2 Å². The number of sulfonamides is 1. The van der Waals surface area contributed by atoms with Gasteiger partial charge in [-0.05, 0) is 36.8 Å². The van der Waals surface area contributed by atoms with Crippen LogP contribution in [0.3, 0.4) is 0 Å². The minimum atomic E-state index is -3.76. The molecule has 0 aliphatic rings. The third-order valence-corrected chi connectivity index (χ3v) is 5.77. The molecule has 0 aliphatic carbocycles. The fourth-order valence-electron chi connectivity index (χ4n) is 2.68.